The van der Waals surface area contributed by atoms with Crippen molar-refractivity contribution in [1.82, 2.24) is 10.2 Å². The van der Waals surface area contributed by atoms with Gasteiger partial charge in [-0.3, -0.25) is 4.79 Å². The minimum Gasteiger partial charge on any atom is -0.469 e. The number of benzene rings is 1. The number of hydrogen-bond donors (Lipinski definition) is 1. The number of ether oxygens (including phenoxy) is 1. The minimum absolute atomic E-state index is 0.00533. The van der Waals surface area contributed by atoms with E-state index in [4.69, 9.17) is 0 Å². The van der Waals surface area contributed by atoms with Crippen LogP contribution < -0.4 is 5.32 Å². The van der Waals surface area contributed by atoms with Gasteiger partial charge in [-0.05, 0) is 24.0 Å². The highest BCUT2D eigenvalue weighted by atomic mass is 16.5. The zero-order valence-corrected chi connectivity index (χ0v) is 13.1. The van der Waals surface area contributed by atoms with E-state index < -0.39 is 0 Å². The zero-order chi connectivity index (χ0) is 15.8. The minimum atomic E-state index is -0.151. The Kier molecular flexibility index (Phi) is 6.25. The summed E-state index contributed by atoms with van der Waals surface area (Å²) in [5, 5.41) is 2.97. The Morgan fingerprint density at radius 1 is 1.09 bits per heavy atom. The molecule has 1 aromatic rings. The average Bonchev–Trinajstić information content (AvgIpc) is 2.97. The first-order valence-electron chi connectivity index (χ1n) is 7.87. The summed E-state index contributed by atoms with van der Waals surface area (Å²) in [6.45, 7) is 2.08. The van der Waals surface area contributed by atoms with Crippen LogP contribution in [-0.2, 0) is 22.6 Å². The molecule has 1 aliphatic heterocycles. The number of esters is 1. The summed E-state index contributed by atoms with van der Waals surface area (Å²) in [6, 6.07) is 8.17. The first-order valence-corrected chi connectivity index (χ1v) is 7.87. The Morgan fingerprint density at radius 3 is 2.36 bits per heavy atom. The number of urea groups is 1. The summed E-state index contributed by atoms with van der Waals surface area (Å²) in [7, 11) is 1.41. The lowest BCUT2D eigenvalue weighted by Crippen LogP contribution is -2.36. The molecule has 0 atom stereocenters. The van der Waals surface area contributed by atoms with Gasteiger partial charge in [-0.2, -0.15) is 0 Å². The van der Waals surface area contributed by atoms with Crippen molar-refractivity contribution in [1.29, 1.82) is 0 Å². The van der Waals surface area contributed by atoms with Crippen LogP contribution in [0.25, 0.3) is 0 Å². The fourth-order valence-electron chi connectivity index (χ4n) is 2.63. The molecule has 1 N–H and O–H groups in total. The Balaban J connectivity index is 1.55. The maximum atomic E-state index is 12.1. The third-order valence-corrected chi connectivity index (χ3v) is 3.94. The monoisotopic (exact) mass is 304 g/mol. The maximum absolute atomic E-state index is 12.1. The molecule has 5 nitrogen and oxygen atoms in total. The van der Waals surface area contributed by atoms with E-state index in [2.05, 4.69) is 22.2 Å². The fraction of sp³-hybridized carbons (Fsp3) is 0.529. The molecule has 0 bridgehead atoms. The second kappa shape index (κ2) is 8.41. The van der Waals surface area contributed by atoms with Crippen LogP contribution in [-0.4, -0.2) is 30.6 Å². The topological polar surface area (TPSA) is 58.6 Å². The lowest BCUT2D eigenvalue weighted by Gasteiger charge is -2.16. The lowest BCUT2D eigenvalue weighted by molar-refractivity contribution is -0.140. The zero-order valence-electron chi connectivity index (χ0n) is 13.1. The molecule has 5 heteroatoms. The standard InChI is InChI=1S/C17H24N2O3/c1-22-16(20)10-4-2-3-7-11-18-17(21)19-12-14-8-5-6-9-15(14)13-19/h5-6,8-9H,2-4,7,10-13H2,1H3,(H,18,21). The van der Waals surface area contributed by atoms with Crippen LogP contribution in [0, 0.1) is 0 Å². The van der Waals surface area contributed by atoms with Gasteiger partial charge in [0.1, 0.15) is 0 Å². The van der Waals surface area contributed by atoms with Gasteiger partial charge in [-0.25, -0.2) is 4.79 Å². The molecule has 0 unspecified atom stereocenters. The number of rotatable bonds is 7. The van der Waals surface area contributed by atoms with Gasteiger partial charge in [0.2, 0.25) is 0 Å². The molecule has 1 aromatic carbocycles. The summed E-state index contributed by atoms with van der Waals surface area (Å²) in [5.74, 6) is -0.151. The van der Waals surface area contributed by atoms with E-state index in [0.717, 1.165) is 25.7 Å². The van der Waals surface area contributed by atoms with Crippen LogP contribution in [0.15, 0.2) is 24.3 Å². The van der Waals surface area contributed by atoms with Crippen LogP contribution in [0.1, 0.15) is 43.2 Å². The SMILES string of the molecule is COC(=O)CCCCCCNC(=O)N1Cc2ccccc2C1. The highest BCUT2D eigenvalue weighted by Crippen LogP contribution is 2.21. The number of unbranched alkanes of at least 4 members (excludes halogenated alkanes) is 3. The normalized spacial score (nSPS) is 12.9. The third-order valence-electron chi connectivity index (χ3n) is 3.94. The predicted molar refractivity (Wildman–Crippen MR) is 84.2 cm³/mol. The number of carbonyl (C=O) groups is 2. The van der Waals surface area contributed by atoms with Gasteiger partial charge in [-0.1, -0.05) is 37.1 Å². The van der Waals surface area contributed by atoms with E-state index in [-0.39, 0.29) is 12.0 Å². The number of nitrogens with one attached hydrogen (secondary N) is 1. The van der Waals surface area contributed by atoms with E-state index in [0.29, 0.717) is 26.1 Å². The van der Waals surface area contributed by atoms with Crippen LogP contribution in [0.4, 0.5) is 4.79 Å². The van der Waals surface area contributed by atoms with Gasteiger partial charge >= 0.3 is 12.0 Å². The van der Waals surface area contributed by atoms with Crippen molar-refractivity contribution in [2.24, 2.45) is 0 Å². The quantitative estimate of drug-likeness (QED) is 0.622. The molecule has 0 radical (unpaired) electrons. The van der Waals surface area contributed by atoms with Crippen molar-refractivity contribution >= 4 is 12.0 Å². The van der Waals surface area contributed by atoms with Crippen molar-refractivity contribution in [3.63, 3.8) is 0 Å². The van der Waals surface area contributed by atoms with Gasteiger partial charge in [0.05, 0.1) is 7.11 Å². The Bertz CT molecular complexity index is 491. The molecule has 1 heterocycles. The summed E-state index contributed by atoms with van der Waals surface area (Å²) >= 11 is 0. The van der Waals surface area contributed by atoms with Crippen LogP contribution >= 0.6 is 0 Å². The van der Waals surface area contributed by atoms with Gasteiger partial charge < -0.3 is 15.0 Å². The van der Waals surface area contributed by atoms with Gasteiger partial charge in [-0.15, -0.1) is 0 Å². The summed E-state index contributed by atoms with van der Waals surface area (Å²) < 4.78 is 4.59. The van der Waals surface area contributed by atoms with Crippen LogP contribution in [0.5, 0.6) is 0 Å². The highest BCUT2D eigenvalue weighted by Gasteiger charge is 2.22. The first-order chi connectivity index (χ1) is 10.7. The van der Waals surface area contributed by atoms with E-state index in [1.54, 1.807) is 0 Å². The molecule has 120 valence electrons. The summed E-state index contributed by atoms with van der Waals surface area (Å²) in [5.41, 5.74) is 2.47. The van der Waals surface area contributed by atoms with Crippen molar-refractivity contribution in [3.8, 4) is 0 Å². The molecular weight excluding hydrogens is 280 g/mol. The van der Waals surface area contributed by atoms with E-state index in [1.807, 2.05) is 17.0 Å². The molecule has 1 aliphatic rings. The second-order valence-corrected chi connectivity index (χ2v) is 5.60. The van der Waals surface area contributed by atoms with Gasteiger partial charge in [0, 0.05) is 26.1 Å². The Morgan fingerprint density at radius 2 is 1.73 bits per heavy atom. The van der Waals surface area contributed by atoms with Gasteiger partial charge in [0.15, 0.2) is 0 Å². The number of hydrogen-bond acceptors (Lipinski definition) is 3. The van der Waals surface area contributed by atoms with Crippen LogP contribution in [0.3, 0.4) is 0 Å². The number of fused-ring (bicyclic) bond motifs is 1. The average molecular weight is 304 g/mol. The molecule has 2 rings (SSSR count). The fourth-order valence-corrected chi connectivity index (χ4v) is 2.63. The molecule has 22 heavy (non-hydrogen) atoms. The molecule has 0 saturated carbocycles. The summed E-state index contributed by atoms with van der Waals surface area (Å²) in [4.78, 5) is 24.9. The lowest BCUT2D eigenvalue weighted by atomic mass is 10.1. The Labute approximate surface area is 131 Å². The third kappa shape index (κ3) is 4.76. The van der Waals surface area contributed by atoms with E-state index >= 15 is 0 Å². The number of nitrogens with zero attached hydrogens (tertiary/aromatic N) is 1. The van der Waals surface area contributed by atoms with Crippen molar-refractivity contribution in [2.75, 3.05) is 13.7 Å². The molecule has 0 spiro atoms. The van der Waals surface area contributed by atoms with E-state index in [9.17, 15) is 9.59 Å². The maximum Gasteiger partial charge on any atom is 0.318 e. The van der Waals surface area contributed by atoms with Crippen molar-refractivity contribution < 1.29 is 14.3 Å². The highest BCUT2D eigenvalue weighted by molar-refractivity contribution is 5.75. The molecule has 0 saturated heterocycles. The second-order valence-electron chi connectivity index (χ2n) is 5.60. The molecular formula is C17H24N2O3. The predicted octanol–water partition coefficient (Wildman–Crippen LogP) is 2.84. The smallest absolute Gasteiger partial charge is 0.318 e. The van der Waals surface area contributed by atoms with Crippen LogP contribution in [0.2, 0.25) is 0 Å². The Hall–Kier alpha value is -2.04. The summed E-state index contributed by atoms with van der Waals surface area (Å²) in [6.07, 6.45) is 4.27. The number of methoxy groups -OCH3 is 1. The van der Waals surface area contributed by atoms with Crippen molar-refractivity contribution in [2.45, 2.75) is 45.2 Å². The molecule has 0 aliphatic carbocycles. The van der Waals surface area contributed by atoms with Gasteiger partial charge in [0.25, 0.3) is 0 Å². The molecule has 0 fully saturated rings. The number of carbonyl (C=O) groups excluding carboxylic acids is 2. The van der Waals surface area contributed by atoms with E-state index in [1.165, 1.54) is 18.2 Å². The largest absolute Gasteiger partial charge is 0.469 e. The molecule has 2 amide bonds. The molecule has 0 aromatic heterocycles. The first kappa shape index (κ1) is 16.3. The number of amides is 2. The van der Waals surface area contributed by atoms with Crippen molar-refractivity contribution in [3.05, 3.63) is 35.4 Å².